The topological polar surface area (TPSA) is 71.5 Å². The number of fused-ring (bicyclic) bond motifs is 1. The molecule has 0 radical (unpaired) electrons. The van der Waals surface area contributed by atoms with Crippen molar-refractivity contribution in [2.75, 3.05) is 11.4 Å². The van der Waals surface area contributed by atoms with Crippen LogP contribution in [-0.4, -0.2) is 24.5 Å². The molecule has 3 rings (SSSR count). The minimum absolute atomic E-state index is 0.0797. The Kier molecular flexibility index (Phi) is 4.90. The van der Waals surface area contributed by atoms with E-state index in [0.29, 0.717) is 30.5 Å². The average Bonchev–Trinajstić information content (AvgIpc) is 3.12. The van der Waals surface area contributed by atoms with Gasteiger partial charge in [0.1, 0.15) is 5.76 Å². The minimum Gasteiger partial charge on any atom is -0.467 e. The van der Waals surface area contributed by atoms with Gasteiger partial charge in [-0.05, 0) is 44.4 Å². The van der Waals surface area contributed by atoms with Crippen LogP contribution in [0.5, 0.6) is 0 Å². The number of nitrogens with one attached hydrogen (secondary N) is 1. The van der Waals surface area contributed by atoms with Gasteiger partial charge >= 0.3 is 0 Å². The molecule has 3 N–H and O–H groups in total. The van der Waals surface area contributed by atoms with Crippen LogP contribution in [0.4, 0.5) is 5.69 Å². The van der Waals surface area contributed by atoms with Crippen molar-refractivity contribution in [3.05, 3.63) is 53.5 Å². The first kappa shape index (κ1) is 16.6. The smallest absolute Gasteiger partial charge is 0.254 e. The molecule has 1 aromatic heterocycles. The first-order valence-electron chi connectivity index (χ1n) is 8.51. The summed E-state index contributed by atoms with van der Waals surface area (Å²) in [4.78, 5) is 14.7. The summed E-state index contributed by atoms with van der Waals surface area (Å²) >= 11 is 0. The van der Waals surface area contributed by atoms with E-state index in [1.54, 1.807) is 12.3 Å². The third-order valence-corrected chi connectivity index (χ3v) is 4.54. The van der Waals surface area contributed by atoms with Crippen LogP contribution in [-0.2, 0) is 13.0 Å². The molecule has 0 saturated carbocycles. The molecule has 128 valence electrons. The molecule has 2 heterocycles. The number of nitrogens with two attached hydrogens (primary N) is 1. The molecule has 1 aliphatic heterocycles. The molecule has 24 heavy (non-hydrogen) atoms. The zero-order valence-corrected chi connectivity index (χ0v) is 14.3. The largest absolute Gasteiger partial charge is 0.467 e. The Morgan fingerprint density at radius 2 is 2.21 bits per heavy atom. The van der Waals surface area contributed by atoms with Gasteiger partial charge in [-0.25, -0.2) is 0 Å². The van der Waals surface area contributed by atoms with Crippen LogP contribution < -0.4 is 16.0 Å². The maximum absolute atomic E-state index is 12.4. The summed E-state index contributed by atoms with van der Waals surface area (Å²) in [7, 11) is 0. The Labute approximate surface area is 142 Å². The molecule has 1 amide bonds. The normalized spacial score (nSPS) is 17.6. The van der Waals surface area contributed by atoms with E-state index in [1.807, 2.05) is 13.0 Å². The standard InChI is InChI=1S/C19H25N3O2/c1-13(20)7-9-21-19(23)16-8-10-24-18(16)12-22-14(2)11-15-5-3-4-6-17(15)22/h3-6,8,10,13-14H,7,9,11-12,20H2,1-2H3,(H,21,23). The Morgan fingerprint density at radius 1 is 1.42 bits per heavy atom. The summed E-state index contributed by atoms with van der Waals surface area (Å²) in [6.45, 7) is 5.30. The molecule has 1 aliphatic rings. The number of hydrogen-bond donors (Lipinski definition) is 2. The van der Waals surface area contributed by atoms with E-state index in [0.717, 1.165) is 12.8 Å². The number of furan rings is 1. The molecule has 5 nitrogen and oxygen atoms in total. The van der Waals surface area contributed by atoms with Crippen LogP contribution >= 0.6 is 0 Å². The van der Waals surface area contributed by atoms with Gasteiger partial charge < -0.3 is 20.4 Å². The minimum atomic E-state index is -0.0977. The Hall–Kier alpha value is -2.27. The van der Waals surface area contributed by atoms with Crippen LogP contribution in [0, 0.1) is 0 Å². The van der Waals surface area contributed by atoms with Crippen molar-refractivity contribution in [3.63, 3.8) is 0 Å². The van der Waals surface area contributed by atoms with E-state index < -0.39 is 0 Å². The van der Waals surface area contributed by atoms with E-state index in [9.17, 15) is 4.79 Å². The fourth-order valence-electron chi connectivity index (χ4n) is 3.20. The third-order valence-electron chi connectivity index (χ3n) is 4.54. The molecule has 0 aliphatic carbocycles. The Balaban J connectivity index is 1.71. The Morgan fingerprint density at radius 3 is 3.00 bits per heavy atom. The van der Waals surface area contributed by atoms with Crippen molar-refractivity contribution < 1.29 is 9.21 Å². The third kappa shape index (κ3) is 3.46. The zero-order chi connectivity index (χ0) is 17.1. The lowest BCUT2D eigenvalue weighted by Gasteiger charge is -2.24. The summed E-state index contributed by atoms with van der Waals surface area (Å²) in [5.74, 6) is 0.608. The predicted molar refractivity (Wildman–Crippen MR) is 95.1 cm³/mol. The van der Waals surface area contributed by atoms with Crippen molar-refractivity contribution >= 4 is 11.6 Å². The average molecular weight is 327 g/mol. The van der Waals surface area contributed by atoms with Crippen molar-refractivity contribution in [3.8, 4) is 0 Å². The molecule has 0 fully saturated rings. The van der Waals surface area contributed by atoms with Crippen LogP contribution in [0.25, 0.3) is 0 Å². The van der Waals surface area contributed by atoms with E-state index in [-0.39, 0.29) is 11.9 Å². The van der Waals surface area contributed by atoms with Gasteiger partial charge in [0, 0.05) is 24.3 Å². The van der Waals surface area contributed by atoms with Crippen LogP contribution in [0.3, 0.4) is 0 Å². The maximum atomic E-state index is 12.4. The molecule has 2 atom stereocenters. The highest BCUT2D eigenvalue weighted by Crippen LogP contribution is 2.33. The molecule has 0 bridgehead atoms. The van der Waals surface area contributed by atoms with Crippen molar-refractivity contribution in [1.82, 2.24) is 5.32 Å². The summed E-state index contributed by atoms with van der Waals surface area (Å²) in [5, 5.41) is 2.91. The van der Waals surface area contributed by atoms with Gasteiger partial charge in [-0.15, -0.1) is 0 Å². The monoisotopic (exact) mass is 327 g/mol. The van der Waals surface area contributed by atoms with Gasteiger partial charge in [-0.3, -0.25) is 4.79 Å². The van der Waals surface area contributed by atoms with Crippen molar-refractivity contribution in [1.29, 1.82) is 0 Å². The first-order chi connectivity index (χ1) is 11.6. The lowest BCUT2D eigenvalue weighted by molar-refractivity contribution is 0.0950. The van der Waals surface area contributed by atoms with Gasteiger partial charge in [0.25, 0.3) is 5.91 Å². The van der Waals surface area contributed by atoms with Gasteiger partial charge in [-0.2, -0.15) is 0 Å². The fraction of sp³-hybridized carbons (Fsp3) is 0.421. The number of hydrogen-bond acceptors (Lipinski definition) is 4. The van der Waals surface area contributed by atoms with E-state index in [1.165, 1.54) is 11.3 Å². The molecule has 5 heteroatoms. The molecule has 2 unspecified atom stereocenters. The van der Waals surface area contributed by atoms with Crippen molar-refractivity contribution in [2.45, 2.75) is 45.3 Å². The lowest BCUT2D eigenvalue weighted by Crippen LogP contribution is -2.31. The summed E-state index contributed by atoms with van der Waals surface area (Å²) in [6, 6.07) is 10.6. The second-order valence-corrected chi connectivity index (χ2v) is 6.59. The second kappa shape index (κ2) is 7.09. The predicted octanol–water partition coefficient (Wildman–Crippen LogP) is 2.70. The number of carbonyl (C=O) groups excluding carboxylic acids is 1. The van der Waals surface area contributed by atoms with Crippen LogP contribution in [0.1, 0.15) is 41.9 Å². The highest BCUT2D eigenvalue weighted by atomic mass is 16.3. The molecular formula is C19H25N3O2. The van der Waals surface area contributed by atoms with Gasteiger partial charge in [0.05, 0.1) is 18.4 Å². The molecule has 2 aromatic rings. The highest BCUT2D eigenvalue weighted by Gasteiger charge is 2.27. The molecule has 1 aromatic carbocycles. The quantitative estimate of drug-likeness (QED) is 0.856. The van der Waals surface area contributed by atoms with Crippen molar-refractivity contribution in [2.24, 2.45) is 5.73 Å². The van der Waals surface area contributed by atoms with Gasteiger partial charge in [-0.1, -0.05) is 18.2 Å². The number of amides is 1. The molecule has 0 saturated heterocycles. The SMILES string of the molecule is CC(N)CCNC(=O)c1ccoc1CN1c2ccccc2CC1C. The van der Waals surface area contributed by atoms with Crippen LogP contribution in [0.2, 0.25) is 0 Å². The Bertz CT molecular complexity index is 708. The summed E-state index contributed by atoms with van der Waals surface area (Å²) in [6.07, 6.45) is 3.37. The number of carbonyl (C=O) groups is 1. The first-order valence-corrected chi connectivity index (χ1v) is 8.51. The number of benzene rings is 1. The van der Waals surface area contributed by atoms with E-state index >= 15 is 0 Å². The number of para-hydroxylation sites is 1. The molecule has 0 spiro atoms. The molecular weight excluding hydrogens is 302 g/mol. The highest BCUT2D eigenvalue weighted by molar-refractivity contribution is 5.95. The summed E-state index contributed by atoms with van der Waals surface area (Å²) < 4.78 is 5.61. The lowest BCUT2D eigenvalue weighted by atomic mass is 10.1. The van der Waals surface area contributed by atoms with E-state index in [2.05, 4.69) is 35.3 Å². The maximum Gasteiger partial charge on any atom is 0.254 e. The summed E-state index contributed by atoms with van der Waals surface area (Å²) in [5.41, 5.74) is 8.90. The number of anilines is 1. The van der Waals surface area contributed by atoms with Crippen LogP contribution in [0.15, 0.2) is 41.0 Å². The number of nitrogens with zero attached hydrogens (tertiary/aromatic N) is 1. The zero-order valence-electron chi connectivity index (χ0n) is 14.3. The fourth-order valence-corrected chi connectivity index (χ4v) is 3.20. The van der Waals surface area contributed by atoms with E-state index in [4.69, 9.17) is 10.2 Å². The second-order valence-electron chi connectivity index (χ2n) is 6.59. The van der Waals surface area contributed by atoms with Gasteiger partial charge in [0.2, 0.25) is 0 Å². The van der Waals surface area contributed by atoms with Gasteiger partial charge in [0.15, 0.2) is 0 Å². The number of rotatable bonds is 6.